The standard InChI is InChI=1S/C33H39NO2/c1-4-7-9-11-26-14-21-32(31(23-26)24-34)36-33(35)30-19-17-29(18-20-30)28-15-12-27(13-16-28)22-25(6-3)10-8-5-2/h12-21,23,25H,4-11,22H2,1-3H3. The molecule has 0 N–H and O–H groups in total. The summed E-state index contributed by atoms with van der Waals surface area (Å²) >= 11 is 0. The maximum atomic E-state index is 12.7. The van der Waals surface area contributed by atoms with Crippen molar-refractivity contribution >= 4 is 5.97 Å². The van der Waals surface area contributed by atoms with Gasteiger partial charge in [-0.15, -0.1) is 0 Å². The van der Waals surface area contributed by atoms with E-state index >= 15 is 0 Å². The quantitative estimate of drug-likeness (QED) is 0.139. The third-order valence-electron chi connectivity index (χ3n) is 6.91. The van der Waals surface area contributed by atoms with Crippen LogP contribution in [0, 0.1) is 17.2 Å². The molecule has 0 heterocycles. The molecular formula is C33H39NO2. The minimum Gasteiger partial charge on any atom is -0.422 e. The summed E-state index contributed by atoms with van der Waals surface area (Å²) < 4.78 is 5.58. The molecule has 0 bridgehead atoms. The first-order valence-electron chi connectivity index (χ1n) is 13.5. The number of carbonyl (C=O) groups is 1. The van der Waals surface area contributed by atoms with Gasteiger partial charge in [-0.25, -0.2) is 4.79 Å². The average Bonchev–Trinajstić information content (AvgIpc) is 2.92. The van der Waals surface area contributed by atoms with Crippen LogP contribution in [0.1, 0.15) is 92.8 Å². The smallest absolute Gasteiger partial charge is 0.343 e. The summed E-state index contributed by atoms with van der Waals surface area (Å²) in [5.41, 5.74) is 5.53. The normalized spacial score (nSPS) is 11.6. The van der Waals surface area contributed by atoms with Crippen LogP contribution >= 0.6 is 0 Å². The Bertz CT molecular complexity index is 1140. The molecule has 0 aliphatic heterocycles. The number of rotatable bonds is 13. The van der Waals surface area contributed by atoms with Gasteiger partial charge in [0.2, 0.25) is 0 Å². The summed E-state index contributed by atoms with van der Waals surface area (Å²) in [6.07, 6.45) is 10.5. The van der Waals surface area contributed by atoms with Crippen molar-refractivity contribution in [1.29, 1.82) is 5.26 Å². The number of carbonyl (C=O) groups excluding carboxylic acids is 1. The van der Waals surface area contributed by atoms with Gasteiger partial charge in [0.05, 0.1) is 11.1 Å². The lowest BCUT2D eigenvalue weighted by Crippen LogP contribution is -2.09. The van der Waals surface area contributed by atoms with Gasteiger partial charge >= 0.3 is 5.97 Å². The zero-order valence-electron chi connectivity index (χ0n) is 22.1. The Labute approximate surface area is 217 Å². The number of aryl methyl sites for hydroxylation is 1. The van der Waals surface area contributed by atoms with Gasteiger partial charge in [0.15, 0.2) is 0 Å². The molecule has 0 amide bonds. The molecule has 0 aromatic heterocycles. The minimum atomic E-state index is -0.454. The number of hydrogen-bond donors (Lipinski definition) is 0. The van der Waals surface area contributed by atoms with Crippen molar-refractivity contribution in [2.75, 3.05) is 0 Å². The highest BCUT2D eigenvalue weighted by molar-refractivity contribution is 5.92. The molecule has 0 saturated carbocycles. The lowest BCUT2D eigenvalue weighted by molar-refractivity contribution is 0.0734. The zero-order chi connectivity index (χ0) is 25.8. The third kappa shape index (κ3) is 7.82. The Balaban J connectivity index is 1.63. The lowest BCUT2D eigenvalue weighted by Gasteiger charge is -2.14. The second-order valence-corrected chi connectivity index (χ2v) is 9.68. The maximum absolute atomic E-state index is 12.7. The summed E-state index contributed by atoms with van der Waals surface area (Å²) in [7, 11) is 0. The summed E-state index contributed by atoms with van der Waals surface area (Å²) in [5, 5.41) is 9.54. The van der Waals surface area contributed by atoms with Gasteiger partial charge in [-0.2, -0.15) is 5.26 Å². The third-order valence-corrected chi connectivity index (χ3v) is 6.91. The highest BCUT2D eigenvalue weighted by Crippen LogP contribution is 2.25. The van der Waals surface area contributed by atoms with Crippen LogP contribution in [-0.4, -0.2) is 5.97 Å². The Hall–Kier alpha value is -3.38. The Morgan fingerprint density at radius 1 is 0.833 bits per heavy atom. The largest absolute Gasteiger partial charge is 0.422 e. The van der Waals surface area contributed by atoms with Crippen molar-refractivity contribution in [2.24, 2.45) is 5.92 Å². The first-order valence-corrected chi connectivity index (χ1v) is 13.5. The minimum absolute atomic E-state index is 0.311. The fourth-order valence-electron chi connectivity index (χ4n) is 4.56. The predicted molar refractivity (Wildman–Crippen MR) is 148 cm³/mol. The van der Waals surface area contributed by atoms with E-state index in [0.29, 0.717) is 16.9 Å². The van der Waals surface area contributed by atoms with Crippen LogP contribution < -0.4 is 4.74 Å². The number of unbranched alkanes of at least 4 members (excludes halogenated alkanes) is 3. The van der Waals surface area contributed by atoms with Gasteiger partial charge in [-0.05, 0) is 71.7 Å². The van der Waals surface area contributed by atoms with Crippen molar-refractivity contribution in [3.8, 4) is 22.9 Å². The van der Waals surface area contributed by atoms with Crippen LogP contribution in [0.5, 0.6) is 5.75 Å². The number of nitrogens with zero attached hydrogens (tertiary/aromatic N) is 1. The molecule has 36 heavy (non-hydrogen) atoms. The van der Waals surface area contributed by atoms with Gasteiger partial charge in [0.25, 0.3) is 0 Å². The Morgan fingerprint density at radius 3 is 2.08 bits per heavy atom. The van der Waals surface area contributed by atoms with Crippen molar-refractivity contribution in [3.63, 3.8) is 0 Å². The summed E-state index contributed by atoms with van der Waals surface area (Å²) in [6, 6.07) is 23.9. The highest BCUT2D eigenvalue weighted by Gasteiger charge is 2.13. The van der Waals surface area contributed by atoms with Crippen LogP contribution in [0.2, 0.25) is 0 Å². The molecule has 0 radical (unpaired) electrons. The molecular weight excluding hydrogens is 442 g/mol. The second-order valence-electron chi connectivity index (χ2n) is 9.68. The van der Waals surface area contributed by atoms with Crippen molar-refractivity contribution in [2.45, 2.75) is 78.6 Å². The van der Waals surface area contributed by atoms with Gasteiger partial charge < -0.3 is 4.74 Å². The van der Waals surface area contributed by atoms with E-state index in [-0.39, 0.29) is 0 Å². The molecule has 0 aliphatic rings. The van der Waals surface area contributed by atoms with Gasteiger partial charge in [-0.1, -0.05) is 102 Å². The molecule has 1 unspecified atom stereocenters. The maximum Gasteiger partial charge on any atom is 0.343 e. The molecule has 1 atom stereocenters. The molecule has 188 valence electrons. The average molecular weight is 482 g/mol. The molecule has 3 aromatic rings. The molecule has 0 aliphatic carbocycles. The van der Waals surface area contributed by atoms with Crippen LogP contribution in [0.3, 0.4) is 0 Å². The monoisotopic (exact) mass is 481 g/mol. The topological polar surface area (TPSA) is 50.1 Å². The van der Waals surface area contributed by atoms with E-state index in [9.17, 15) is 10.1 Å². The summed E-state index contributed by atoms with van der Waals surface area (Å²) in [4.78, 5) is 12.7. The van der Waals surface area contributed by atoms with E-state index in [0.717, 1.165) is 54.7 Å². The molecule has 3 rings (SSSR count). The zero-order valence-corrected chi connectivity index (χ0v) is 22.1. The lowest BCUT2D eigenvalue weighted by atomic mass is 9.91. The van der Waals surface area contributed by atoms with Crippen LogP contribution in [0.15, 0.2) is 66.7 Å². The van der Waals surface area contributed by atoms with E-state index in [2.05, 4.69) is 51.1 Å². The summed E-state index contributed by atoms with van der Waals surface area (Å²) in [6.45, 7) is 6.71. The molecule has 3 aromatic carbocycles. The number of esters is 1. The summed E-state index contributed by atoms with van der Waals surface area (Å²) in [5.74, 6) is 0.607. The van der Waals surface area contributed by atoms with E-state index in [4.69, 9.17) is 4.74 Å². The number of nitriles is 1. The van der Waals surface area contributed by atoms with Crippen LogP contribution in [0.25, 0.3) is 11.1 Å². The van der Waals surface area contributed by atoms with E-state index < -0.39 is 5.97 Å². The van der Waals surface area contributed by atoms with Crippen molar-refractivity contribution in [3.05, 3.63) is 89.0 Å². The number of hydrogen-bond acceptors (Lipinski definition) is 3. The fourth-order valence-corrected chi connectivity index (χ4v) is 4.56. The first kappa shape index (κ1) is 27.2. The van der Waals surface area contributed by atoms with Gasteiger partial charge in [-0.3, -0.25) is 0 Å². The number of ether oxygens (including phenoxy) is 1. The second kappa shape index (κ2) is 14.2. The Kier molecular flexibility index (Phi) is 10.8. The van der Waals surface area contributed by atoms with Crippen LogP contribution in [0.4, 0.5) is 0 Å². The van der Waals surface area contributed by atoms with E-state index in [1.54, 1.807) is 18.2 Å². The highest BCUT2D eigenvalue weighted by atomic mass is 16.5. The van der Waals surface area contributed by atoms with E-state index in [1.165, 1.54) is 31.2 Å². The molecule has 0 spiro atoms. The molecule has 3 nitrogen and oxygen atoms in total. The molecule has 0 saturated heterocycles. The molecule has 3 heteroatoms. The van der Waals surface area contributed by atoms with E-state index in [1.807, 2.05) is 24.3 Å². The first-order chi connectivity index (χ1) is 17.6. The van der Waals surface area contributed by atoms with Crippen LogP contribution in [-0.2, 0) is 12.8 Å². The van der Waals surface area contributed by atoms with Crippen molar-refractivity contribution in [1.82, 2.24) is 0 Å². The van der Waals surface area contributed by atoms with Gasteiger partial charge in [0.1, 0.15) is 11.8 Å². The Morgan fingerprint density at radius 2 is 1.47 bits per heavy atom. The molecule has 0 fully saturated rings. The fraction of sp³-hybridized carbons (Fsp3) is 0.394. The predicted octanol–water partition coefficient (Wildman–Crippen LogP) is 8.94. The number of benzene rings is 3. The van der Waals surface area contributed by atoms with Crippen molar-refractivity contribution < 1.29 is 9.53 Å². The SMILES string of the molecule is CCCCCc1ccc(OC(=O)c2ccc(-c3ccc(CC(CC)CCCC)cc3)cc2)c(C#N)c1. The van der Waals surface area contributed by atoms with Gasteiger partial charge in [0, 0.05) is 0 Å².